The lowest BCUT2D eigenvalue weighted by Crippen LogP contribution is -2.39. The normalized spacial score (nSPS) is 19.2. The summed E-state index contributed by atoms with van der Waals surface area (Å²) in [5.74, 6) is -0.0341. The zero-order valence-corrected chi connectivity index (χ0v) is 14.3. The number of nitrogens with zero attached hydrogens (tertiary/aromatic N) is 2. The third-order valence-electron chi connectivity index (χ3n) is 3.83. The Labute approximate surface area is 138 Å². The zero-order valence-electron chi connectivity index (χ0n) is 12.7. The van der Waals surface area contributed by atoms with Crippen LogP contribution < -0.4 is 0 Å². The predicted molar refractivity (Wildman–Crippen MR) is 90.1 cm³/mol. The lowest BCUT2D eigenvalue weighted by Gasteiger charge is -2.30. The summed E-state index contributed by atoms with van der Waals surface area (Å²) >= 11 is 3.38. The van der Waals surface area contributed by atoms with Gasteiger partial charge in [-0.1, -0.05) is 0 Å². The second kappa shape index (κ2) is 7.35. The van der Waals surface area contributed by atoms with Crippen LogP contribution in [-0.4, -0.2) is 35.5 Å². The maximum absolute atomic E-state index is 11.9. The SMILES string of the molecule is CCOC(=O)C1CCCN(Cc2csc(-c3ccsc3)n2)C1. The van der Waals surface area contributed by atoms with E-state index in [4.69, 9.17) is 9.72 Å². The molecule has 4 nitrogen and oxygen atoms in total. The van der Waals surface area contributed by atoms with Gasteiger partial charge in [0, 0.05) is 29.4 Å². The standard InChI is InChI=1S/C16H20N2O2S2/c1-2-20-16(19)12-4-3-6-18(8-12)9-14-11-22-15(17-14)13-5-7-21-10-13/h5,7,10-12H,2-4,6,8-9H2,1H3. The number of thiophene rings is 1. The number of piperidine rings is 1. The Hall–Kier alpha value is -1.24. The van der Waals surface area contributed by atoms with Crippen LogP contribution in [0.25, 0.3) is 10.6 Å². The predicted octanol–water partition coefficient (Wildman–Crippen LogP) is 3.65. The largest absolute Gasteiger partial charge is 0.466 e. The number of aromatic nitrogens is 1. The van der Waals surface area contributed by atoms with E-state index in [1.54, 1.807) is 22.7 Å². The summed E-state index contributed by atoms with van der Waals surface area (Å²) < 4.78 is 5.15. The fourth-order valence-corrected chi connectivity index (χ4v) is 4.30. The molecule has 2 aromatic heterocycles. The molecule has 118 valence electrons. The number of ether oxygens (including phenoxy) is 1. The lowest BCUT2D eigenvalue weighted by atomic mass is 9.98. The molecule has 1 saturated heterocycles. The van der Waals surface area contributed by atoms with Crippen molar-refractivity contribution in [1.29, 1.82) is 0 Å². The topological polar surface area (TPSA) is 42.4 Å². The van der Waals surface area contributed by atoms with Crippen LogP contribution in [0.5, 0.6) is 0 Å². The first-order chi connectivity index (χ1) is 10.8. The number of esters is 1. The van der Waals surface area contributed by atoms with Gasteiger partial charge in [-0.2, -0.15) is 11.3 Å². The van der Waals surface area contributed by atoms with E-state index in [2.05, 4.69) is 27.1 Å². The minimum absolute atomic E-state index is 0.0173. The summed E-state index contributed by atoms with van der Waals surface area (Å²) in [6.45, 7) is 4.95. The summed E-state index contributed by atoms with van der Waals surface area (Å²) in [6.07, 6.45) is 1.98. The van der Waals surface area contributed by atoms with Crippen LogP contribution in [-0.2, 0) is 16.1 Å². The molecule has 0 amide bonds. The zero-order chi connectivity index (χ0) is 15.4. The number of rotatable bonds is 5. The molecule has 6 heteroatoms. The van der Waals surface area contributed by atoms with Gasteiger partial charge < -0.3 is 4.74 Å². The van der Waals surface area contributed by atoms with Gasteiger partial charge in [-0.15, -0.1) is 11.3 Å². The molecular weight excluding hydrogens is 316 g/mol. The van der Waals surface area contributed by atoms with Crippen molar-refractivity contribution in [3.05, 3.63) is 27.9 Å². The van der Waals surface area contributed by atoms with Crippen LogP contribution in [0.4, 0.5) is 0 Å². The summed E-state index contributed by atoms with van der Waals surface area (Å²) in [6, 6.07) is 2.10. The van der Waals surface area contributed by atoms with Crippen molar-refractivity contribution in [3.63, 3.8) is 0 Å². The molecule has 0 saturated carbocycles. The van der Waals surface area contributed by atoms with Gasteiger partial charge in [-0.05, 0) is 37.8 Å². The van der Waals surface area contributed by atoms with Crippen molar-refractivity contribution < 1.29 is 9.53 Å². The fourth-order valence-electron chi connectivity index (χ4n) is 2.78. The van der Waals surface area contributed by atoms with Crippen molar-refractivity contribution in [2.75, 3.05) is 19.7 Å². The molecular formula is C16H20N2O2S2. The molecule has 3 heterocycles. The Balaban J connectivity index is 1.60. The van der Waals surface area contributed by atoms with Gasteiger partial charge in [0.05, 0.1) is 18.2 Å². The Bertz CT molecular complexity index is 609. The van der Waals surface area contributed by atoms with E-state index < -0.39 is 0 Å². The first-order valence-electron chi connectivity index (χ1n) is 7.62. The smallest absolute Gasteiger partial charge is 0.310 e. The third kappa shape index (κ3) is 3.74. The average Bonchev–Trinajstić information content (AvgIpc) is 3.18. The molecule has 22 heavy (non-hydrogen) atoms. The maximum atomic E-state index is 11.9. The van der Waals surface area contributed by atoms with Crippen LogP contribution >= 0.6 is 22.7 Å². The van der Waals surface area contributed by atoms with Gasteiger partial charge >= 0.3 is 5.97 Å². The number of carbonyl (C=O) groups excluding carboxylic acids is 1. The van der Waals surface area contributed by atoms with Gasteiger partial charge in [0.1, 0.15) is 5.01 Å². The van der Waals surface area contributed by atoms with Gasteiger partial charge in [0.2, 0.25) is 0 Å². The van der Waals surface area contributed by atoms with Crippen molar-refractivity contribution in [2.24, 2.45) is 5.92 Å². The lowest BCUT2D eigenvalue weighted by molar-refractivity contribution is -0.150. The van der Waals surface area contributed by atoms with E-state index in [-0.39, 0.29) is 11.9 Å². The number of thiazole rings is 1. The summed E-state index contributed by atoms with van der Waals surface area (Å²) in [5.41, 5.74) is 2.29. The molecule has 0 aliphatic carbocycles. The van der Waals surface area contributed by atoms with Crippen molar-refractivity contribution in [2.45, 2.75) is 26.3 Å². The number of hydrogen-bond donors (Lipinski definition) is 0. The van der Waals surface area contributed by atoms with E-state index in [1.165, 1.54) is 5.56 Å². The summed E-state index contributed by atoms with van der Waals surface area (Å²) in [5, 5.41) is 7.40. The maximum Gasteiger partial charge on any atom is 0.310 e. The number of carbonyl (C=O) groups is 1. The molecule has 3 rings (SSSR count). The van der Waals surface area contributed by atoms with Gasteiger partial charge in [0.25, 0.3) is 0 Å². The van der Waals surface area contributed by atoms with Crippen LogP contribution in [0.15, 0.2) is 22.2 Å². The number of hydrogen-bond acceptors (Lipinski definition) is 6. The van der Waals surface area contributed by atoms with E-state index in [9.17, 15) is 4.79 Å². The van der Waals surface area contributed by atoms with Crippen LogP contribution in [0.1, 0.15) is 25.5 Å². The van der Waals surface area contributed by atoms with Gasteiger partial charge in [-0.25, -0.2) is 4.98 Å². The fraction of sp³-hybridized carbons (Fsp3) is 0.500. The van der Waals surface area contributed by atoms with Crippen LogP contribution in [0.3, 0.4) is 0 Å². The number of likely N-dealkylation sites (tertiary alicyclic amines) is 1. The van der Waals surface area contributed by atoms with E-state index >= 15 is 0 Å². The highest BCUT2D eigenvalue weighted by Gasteiger charge is 2.27. The van der Waals surface area contributed by atoms with Crippen LogP contribution in [0, 0.1) is 5.92 Å². The highest BCUT2D eigenvalue weighted by molar-refractivity contribution is 7.14. The van der Waals surface area contributed by atoms with Crippen molar-refractivity contribution in [1.82, 2.24) is 9.88 Å². The van der Waals surface area contributed by atoms with E-state index in [0.29, 0.717) is 6.61 Å². The average molecular weight is 336 g/mol. The molecule has 0 N–H and O–H groups in total. The van der Waals surface area contributed by atoms with Gasteiger partial charge in [-0.3, -0.25) is 9.69 Å². The molecule has 0 spiro atoms. The summed E-state index contributed by atoms with van der Waals surface area (Å²) in [7, 11) is 0. The second-order valence-electron chi connectivity index (χ2n) is 5.48. The van der Waals surface area contributed by atoms with Gasteiger partial charge in [0.15, 0.2) is 0 Å². The molecule has 1 aliphatic rings. The quantitative estimate of drug-likeness (QED) is 0.782. The molecule has 1 unspecified atom stereocenters. The monoisotopic (exact) mass is 336 g/mol. The highest BCUT2D eigenvalue weighted by Crippen LogP contribution is 2.27. The molecule has 2 aromatic rings. The molecule has 1 fully saturated rings. The molecule has 0 aromatic carbocycles. The highest BCUT2D eigenvalue weighted by atomic mass is 32.1. The van der Waals surface area contributed by atoms with Crippen molar-refractivity contribution >= 4 is 28.6 Å². The van der Waals surface area contributed by atoms with E-state index in [0.717, 1.165) is 43.2 Å². The first kappa shape index (κ1) is 15.6. The Kier molecular flexibility index (Phi) is 5.23. The minimum Gasteiger partial charge on any atom is -0.466 e. The Morgan fingerprint density at radius 1 is 1.50 bits per heavy atom. The molecule has 0 bridgehead atoms. The molecule has 0 radical (unpaired) electrons. The first-order valence-corrected chi connectivity index (χ1v) is 9.44. The Morgan fingerprint density at radius 3 is 3.18 bits per heavy atom. The summed E-state index contributed by atoms with van der Waals surface area (Å²) in [4.78, 5) is 18.9. The molecule has 1 atom stereocenters. The van der Waals surface area contributed by atoms with Crippen molar-refractivity contribution in [3.8, 4) is 10.6 Å². The minimum atomic E-state index is -0.0514. The van der Waals surface area contributed by atoms with E-state index in [1.807, 2.05) is 6.92 Å². The second-order valence-corrected chi connectivity index (χ2v) is 7.12. The third-order valence-corrected chi connectivity index (χ3v) is 5.45. The Morgan fingerprint density at radius 2 is 2.41 bits per heavy atom. The van der Waals surface area contributed by atoms with Crippen LogP contribution in [0.2, 0.25) is 0 Å². The molecule has 1 aliphatic heterocycles.